The minimum absolute atomic E-state index is 0.315. The molecule has 0 bridgehead atoms. The van der Waals surface area contributed by atoms with Crippen LogP contribution in [0.15, 0.2) is 72.8 Å². The SMILES string of the molecule is c1cc(C(c2ccc(CCC3CP3)cc2)c2ccc(CCC3CP3)cc2)ccc1CCC1CC1. The summed E-state index contributed by atoms with van der Waals surface area (Å²) in [5.74, 6) is 1.32. The van der Waals surface area contributed by atoms with Crippen LogP contribution in [-0.4, -0.2) is 23.6 Å². The molecular formula is C32H38P2. The summed E-state index contributed by atoms with van der Waals surface area (Å²) in [4.78, 5) is 0. The maximum atomic E-state index is 2.40. The molecule has 176 valence electrons. The van der Waals surface area contributed by atoms with E-state index in [0.29, 0.717) is 5.92 Å². The van der Waals surface area contributed by atoms with Gasteiger partial charge >= 0.3 is 0 Å². The second-order valence-corrected chi connectivity index (χ2v) is 14.2. The minimum atomic E-state index is 0.315. The Kier molecular flexibility index (Phi) is 7.18. The zero-order valence-corrected chi connectivity index (χ0v) is 22.3. The maximum Gasteiger partial charge on any atom is 0.0339 e. The molecule has 0 radical (unpaired) electrons. The molecule has 4 unspecified atom stereocenters. The Balaban J connectivity index is 1.22. The normalized spacial score (nSPS) is 23.3. The quantitative estimate of drug-likeness (QED) is 0.180. The van der Waals surface area contributed by atoms with Gasteiger partial charge in [-0.2, -0.15) is 0 Å². The van der Waals surface area contributed by atoms with Gasteiger partial charge in [0.1, 0.15) is 0 Å². The van der Waals surface area contributed by atoms with Crippen LogP contribution in [0.5, 0.6) is 0 Å². The summed E-state index contributed by atoms with van der Waals surface area (Å²) in [6.07, 6.45) is 13.7. The van der Waals surface area contributed by atoms with E-state index in [0.717, 1.165) is 17.2 Å². The maximum absolute atomic E-state index is 2.40. The molecule has 3 aliphatic rings. The van der Waals surface area contributed by atoms with Crippen LogP contribution < -0.4 is 0 Å². The van der Waals surface area contributed by atoms with Crippen molar-refractivity contribution in [1.29, 1.82) is 0 Å². The van der Waals surface area contributed by atoms with Crippen LogP contribution in [0, 0.1) is 5.92 Å². The van der Waals surface area contributed by atoms with Crippen LogP contribution in [0.25, 0.3) is 0 Å². The van der Waals surface area contributed by atoms with E-state index in [-0.39, 0.29) is 0 Å². The molecule has 4 atom stereocenters. The van der Waals surface area contributed by atoms with Crippen molar-refractivity contribution in [2.75, 3.05) is 12.3 Å². The third-order valence-electron chi connectivity index (χ3n) is 8.03. The molecule has 0 amide bonds. The van der Waals surface area contributed by atoms with Crippen LogP contribution in [0.4, 0.5) is 0 Å². The average molecular weight is 485 g/mol. The Labute approximate surface area is 209 Å². The molecule has 3 aromatic carbocycles. The molecular weight excluding hydrogens is 446 g/mol. The molecule has 0 spiro atoms. The van der Waals surface area contributed by atoms with Gasteiger partial charge in [-0.3, -0.25) is 0 Å². The van der Waals surface area contributed by atoms with Gasteiger partial charge in [-0.15, -0.1) is 17.2 Å². The lowest BCUT2D eigenvalue weighted by Gasteiger charge is -2.20. The molecule has 0 aromatic heterocycles. The zero-order valence-electron chi connectivity index (χ0n) is 20.3. The van der Waals surface area contributed by atoms with Gasteiger partial charge in [0, 0.05) is 5.92 Å². The van der Waals surface area contributed by atoms with Crippen molar-refractivity contribution >= 4 is 17.2 Å². The van der Waals surface area contributed by atoms with E-state index in [4.69, 9.17) is 0 Å². The highest BCUT2D eigenvalue weighted by Gasteiger charge is 2.23. The number of benzene rings is 3. The van der Waals surface area contributed by atoms with Crippen molar-refractivity contribution in [3.63, 3.8) is 0 Å². The van der Waals surface area contributed by atoms with Crippen molar-refractivity contribution in [3.05, 3.63) is 106 Å². The van der Waals surface area contributed by atoms with E-state index < -0.39 is 0 Å². The fourth-order valence-electron chi connectivity index (χ4n) is 5.24. The van der Waals surface area contributed by atoms with Crippen LogP contribution in [0.2, 0.25) is 0 Å². The summed E-state index contributed by atoms with van der Waals surface area (Å²) in [6.45, 7) is 0. The van der Waals surface area contributed by atoms with Gasteiger partial charge in [0.2, 0.25) is 0 Å². The number of aryl methyl sites for hydroxylation is 3. The number of hydrogen-bond acceptors (Lipinski definition) is 0. The van der Waals surface area contributed by atoms with Gasteiger partial charge in [0.25, 0.3) is 0 Å². The molecule has 6 rings (SSSR count). The van der Waals surface area contributed by atoms with Crippen LogP contribution in [-0.2, 0) is 19.3 Å². The Hall–Kier alpha value is -1.48. The van der Waals surface area contributed by atoms with Gasteiger partial charge in [0.15, 0.2) is 0 Å². The molecule has 34 heavy (non-hydrogen) atoms. The zero-order chi connectivity index (χ0) is 22.7. The van der Waals surface area contributed by atoms with E-state index in [1.165, 1.54) is 114 Å². The standard InChI is InChI=1S/C32H38P2/c1-2-23(1)3-4-24-5-13-27(14-6-24)32(28-15-7-25(8-16-28)11-19-30-21-33-30)29-17-9-26(10-18-29)12-20-31-22-34-31/h5-10,13-18,23,30-34H,1-4,11-12,19-22H2. The van der Waals surface area contributed by atoms with Crippen molar-refractivity contribution in [1.82, 2.24) is 0 Å². The average Bonchev–Trinajstić information content (AvgIpc) is 3.73. The topological polar surface area (TPSA) is 0 Å². The molecule has 1 aliphatic carbocycles. The molecule has 1 saturated carbocycles. The number of hydrogen-bond donors (Lipinski definition) is 0. The summed E-state index contributed by atoms with van der Waals surface area (Å²) in [5, 5.41) is 0. The Morgan fingerprint density at radius 2 is 0.882 bits per heavy atom. The van der Waals surface area contributed by atoms with E-state index in [2.05, 4.69) is 72.8 Å². The van der Waals surface area contributed by atoms with E-state index in [1.54, 1.807) is 0 Å². The fourth-order valence-corrected chi connectivity index (χ4v) is 6.68. The summed E-state index contributed by atoms with van der Waals surface area (Å²) in [7, 11) is 2.47. The van der Waals surface area contributed by atoms with Gasteiger partial charge in [-0.05, 0) is 101 Å². The molecule has 0 N–H and O–H groups in total. The van der Waals surface area contributed by atoms with Crippen molar-refractivity contribution in [2.45, 2.75) is 68.6 Å². The predicted molar refractivity (Wildman–Crippen MR) is 152 cm³/mol. The van der Waals surface area contributed by atoms with E-state index in [1.807, 2.05) is 0 Å². The predicted octanol–water partition coefficient (Wildman–Crippen LogP) is 8.20. The molecule has 2 heterocycles. The summed E-state index contributed by atoms with van der Waals surface area (Å²) < 4.78 is 0. The molecule has 2 aliphatic heterocycles. The molecule has 2 heteroatoms. The Morgan fingerprint density at radius 1 is 0.529 bits per heavy atom. The van der Waals surface area contributed by atoms with E-state index in [9.17, 15) is 0 Å². The van der Waals surface area contributed by atoms with Crippen LogP contribution in [0.1, 0.15) is 71.4 Å². The third kappa shape index (κ3) is 6.39. The lowest BCUT2D eigenvalue weighted by molar-refractivity contribution is 0.726. The highest BCUT2D eigenvalue weighted by molar-refractivity contribution is 7.47. The van der Waals surface area contributed by atoms with Gasteiger partial charge in [0.05, 0.1) is 0 Å². The first-order chi connectivity index (χ1) is 16.8. The molecule has 2 saturated heterocycles. The summed E-state index contributed by atoms with van der Waals surface area (Å²) >= 11 is 0. The minimum Gasteiger partial charge on any atom is -0.118 e. The first kappa shape index (κ1) is 23.0. The lowest BCUT2D eigenvalue weighted by atomic mass is 9.83. The van der Waals surface area contributed by atoms with Crippen molar-refractivity contribution < 1.29 is 0 Å². The number of rotatable bonds is 12. The largest absolute Gasteiger partial charge is 0.118 e. The van der Waals surface area contributed by atoms with Gasteiger partial charge in [-0.1, -0.05) is 85.6 Å². The Morgan fingerprint density at radius 3 is 1.21 bits per heavy atom. The second-order valence-electron chi connectivity index (χ2n) is 10.9. The first-order valence-corrected chi connectivity index (χ1v) is 16.1. The highest BCUT2D eigenvalue weighted by atomic mass is 31.1. The third-order valence-corrected chi connectivity index (χ3v) is 10.6. The Bertz CT molecular complexity index is 914. The highest BCUT2D eigenvalue weighted by Crippen LogP contribution is 2.42. The van der Waals surface area contributed by atoms with E-state index >= 15 is 0 Å². The summed E-state index contributed by atoms with van der Waals surface area (Å²) in [6, 6.07) is 28.7. The molecule has 3 fully saturated rings. The fraction of sp³-hybridized carbons (Fsp3) is 0.438. The smallest absolute Gasteiger partial charge is 0.0339 e. The molecule has 0 nitrogen and oxygen atoms in total. The second kappa shape index (κ2) is 10.6. The van der Waals surface area contributed by atoms with Crippen LogP contribution in [0.3, 0.4) is 0 Å². The van der Waals surface area contributed by atoms with Crippen molar-refractivity contribution in [2.24, 2.45) is 5.92 Å². The monoisotopic (exact) mass is 484 g/mol. The van der Waals surface area contributed by atoms with Gasteiger partial charge in [-0.25, -0.2) is 0 Å². The molecule has 3 aromatic rings. The van der Waals surface area contributed by atoms with Gasteiger partial charge < -0.3 is 0 Å². The summed E-state index contributed by atoms with van der Waals surface area (Å²) in [5.41, 5.74) is 10.9. The first-order valence-electron chi connectivity index (χ1n) is 13.5. The lowest BCUT2D eigenvalue weighted by Crippen LogP contribution is -2.05. The van der Waals surface area contributed by atoms with Crippen molar-refractivity contribution in [3.8, 4) is 0 Å². The van der Waals surface area contributed by atoms with Crippen LogP contribution >= 0.6 is 17.2 Å².